The van der Waals surface area contributed by atoms with E-state index in [-0.39, 0.29) is 5.82 Å². The molecular formula is C14H11BrFN3. The normalized spacial score (nSPS) is 11.2. The minimum absolute atomic E-state index is 0.343. The number of nitrogens with zero attached hydrogens (tertiary/aromatic N) is 3. The van der Waals surface area contributed by atoms with Crippen LogP contribution in [0.4, 0.5) is 4.39 Å². The molecule has 0 bridgehead atoms. The van der Waals surface area contributed by atoms with Crippen molar-refractivity contribution in [1.82, 2.24) is 14.4 Å². The van der Waals surface area contributed by atoms with E-state index in [9.17, 15) is 4.39 Å². The predicted octanol–water partition coefficient (Wildman–Crippen LogP) is 3.91. The molecule has 0 fully saturated rings. The molecular weight excluding hydrogens is 309 g/mol. The molecule has 3 aromatic rings. The molecule has 3 heterocycles. The molecule has 3 rings (SSSR count). The highest BCUT2D eigenvalue weighted by molar-refractivity contribution is 9.10. The van der Waals surface area contributed by atoms with Crippen LogP contribution in [-0.4, -0.2) is 14.4 Å². The first-order valence-corrected chi connectivity index (χ1v) is 6.62. The number of hydrogen-bond acceptors (Lipinski definition) is 2. The fourth-order valence-corrected chi connectivity index (χ4v) is 2.69. The van der Waals surface area contributed by atoms with Gasteiger partial charge in [-0.25, -0.2) is 9.37 Å². The molecule has 0 atom stereocenters. The summed E-state index contributed by atoms with van der Waals surface area (Å²) in [7, 11) is 0. The van der Waals surface area contributed by atoms with Gasteiger partial charge in [0.05, 0.1) is 11.9 Å². The second-order valence-electron chi connectivity index (χ2n) is 4.44. The molecule has 3 aromatic heterocycles. The lowest BCUT2D eigenvalue weighted by Gasteiger charge is -2.01. The van der Waals surface area contributed by atoms with Gasteiger partial charge in [0.2, 0.25) is 0 Å². The topological polar surface area (TPSA) is 30.2 Å². The minimum atomic E-state index is -0.343. The van der Waals surface area contributed by atoms with Crippen LogP contribution >= 0.6 is 15.9 Å². The summed E-state index contributed by atoms with van der Waals surface area (Å²) >= 11 is 3.48. The van der Waals surface area contributed by atoms with Gasteiger partial charge in [0.15, 0.2) is 0 Å². The Kier molecular flexibility index (Phi) is 2.86. The monoisotopic (exact) mass is 319 g/mol. The SMILES string of the molecule is Cc1cc(Br)cn2c(C)c(-c3ccc(F)cn3)nc12. The third-order valence-electron chi connectivity index (χ3n) is 3.08. The third-order valence-corrected chi connectivity index (χ3v) is 3.51. The van der Waals surface area contributed by atoms with Crippen LogP contribution in [-0.2, 0) is 0 Å². The highest BCUT2D eigenvalue weighted by Crippen LogP contribution is 2.25. The molecule has 0 saturated heterocycles. The molecule has 19 heavy (non-hydrogen) atoms. The van der Waals surface area contributed by atoms with Gasteiger partial charge in [0.25, 0.3) is 0 Å². The van der Waals surface area contributed by atoms with E-state index in [0.717, 1.165) is 27.1 Å². The van der Waals surface area contributed by atoms with Gasteiger partial charge >= 0.3 is 0 Å². The Labute approximate surface area is 118 Å². The lowest BCUT2D eigenvalue weighted by atomic mass is 10.2. The van der Waals surface area contributed by atoms with Crippen molar-refractivity contribution in [2.45, 2.75) is 13.8 Å². The van der Waals surface area contributed by atoms with Crippen molar-refractivity contribution >= 4 is 21.6 Å². The summed E-state index contributed by atoms with van der Waals surface area (Å²) in [6.45, 7) is 3.99. The second-order valence-corrected chi connectivity index (χ2v) is 5.36. The number of imidazole rings is 1. The van der Waals surface area contributed by atoms with Gasteiger partial charge in [-0.2, -0.15) is 0 Å². The Morgan fingerprint density at radius 3 is 2.74 bits per heavy atom. The van der Waals surface area contributed by atoms with Gasteiger partial charge in [0.1, 0.15) is 17.2 Å². The Morgan fingerprint density at radius 1 is 1.26 bits per heavy atom. The second kappa shape index (κ2) is 4.42. The Balaban J connectivity index is 2.28. The minimum Gasteiger partial charge on any atom is -0.302 e. The summed E-state index contributed by atoms with van der Waals surface area (Å²) in [5.74, 6) is -0.343. The van der Waals surface area contributed by atoms with Crippen molar-refractivity contribution in [1.29, 1.82) is 0 Å². The van der Waals surface area contributed by atoms with Crippen LogP contribution in [0.3, 0.4) is 0 Å². The first kappa shape index (κ1) is 12.3. The summed E-state index contributed by atoms with van der Waals surface area (Å²) in [5.41, 5.74) is 4.41. The molecule has 0 radical (unpaired) electrons. The van der Waals surface area contributed by atoms with Gasteiger partial charge in [-0.15, -0.1) is 0 Å². The first-order valence-electron chi connectivity index (χ1n) is 5.83. The Bertz CT molecular complexity index is 762. The van der Waals surface area contributed by atoms with Crippen LogP contribution in [0.2, 0.25) is 0 Å². The maximum atomic E-state index is 12.9. The molecule has 0 unspecified atom stereocenters. The summed E-state index contributed by atoms with van der Waals surface area (Å²) < 4.78 is 15.9. The van der Waals surface area contributed by atoms with Gasteiger partial charge in [-0.05, 0) is 53.5 Å². The molecule has 0 aliphatic rings. The van der Waals surface area contributed by atoms with Crippen LogP contribution < -0.4 is 0 Å². The van der Waals surface area contributed by atoms with Crippen LogP contribution in [0.5, 0.6) is 0 Å². The zero-order valence-electron chi connectivity index (χ0n) is 10.5. The molecule has 0 aliphatic heterocycles. The standard InChI is InChI=1S/C14H11BrFN3/c1-8-5-10(15)7-19-9(2)13(18-14(8)19)12-4-3-11(16)6-17-12/h3-7H,1-2H3. The fraction of sp³-hybridized carbons (Fsp3) is 0.143. The lowest BCUT2D eigenvalue weighted by molar-refractivity contribution is 0.622. The van der Waals surface area contributed by atoms with Crippen LogP contribution in [0.1, 0.15) is 11.3 Å². The maximum absolute atomic E-state index is 12.9. The zero-order chi connectivity index (χ0) is 13.6. The molecule has 5 heteroatoms. The number of halogens is 2. The molecule has 0 saturated carbocycles. The van der Waals surface area contributed by atoms with E-state index in [1.165, 1.54) is 12.3 Å². The van der Waals surface area contributed by atoms with Crippen molar-refractivity contribution in [3.8, 4) is 11.4 Å². The fourth-order valence-electron chi connectivity index (χ4n) is 2.14. The molecule has 96 valence electrons. The van der Waals surface area contributed by atoms with Crippen molar-refractivity contribution in [2.75, 3.05) is 0 Å². The zero-order valence-corrected chi connectivity index (χ0v) is 12.1. The number of aryl methyl sites for hydroxylation is 2. The van der Waals surface area contributed by atoms with Gasteiger partial charge < -0.3 is 4.40 Å². The van der Waals surface area contributed by atoms with Crippen LogP contribution in [0, 0.1) is 19.7 Å². The number of rotatable bonds is 1. The number of aromatic nitrogens is 3. The van der Waals surface area contributed by atoms with E-state index < -0.39 is 0 Å². The average Bonchev–Trinajstić information content (AvgIpc) is 2.69. The molecule has 0 aromatic carbocycles. The van der Waals surface area contributed by atoms with Gasteiger partial charge in [-0.3, -0.25) is 4.98 Å². The molecule has 0 amide bonds. The molecule has 0 spiro atoms. The van der Waals surface area contributed by atoms with E-state index in [0.29, 0.717) is 5.69 Å². The van der Waals surface area contributed by atoms with Crippen molar-refractivity contribution < 1.29 is 4.39 Å². The highest BCUT2D eigenvalue weighted by Gasteiger charge is 2.13. The number of fused-ring (bicyclic) bond motifs is 1. The van der Waals surface area contributed by atoms with Gasteiger partial charge in [-0.1, -0.05) is 0 Å². The maximum Gasteiger partial charge on any atom is 0.141 e. The predicted molar refractivity (Wildman–Crippen MR) is 75.6 cm³/mol. The smallest absolute Gasteiger partial charge is 0.141 e. The van der Waals surface area contributed by atoms with Crippen molar-refractivity contribution in [3.05, 3.63) is 52.1 Å². The third kappa shape index (κ3) is 2.04. The van der Waals surface area contributed by atoms with E-state index in [1.54, 1.807) is 6.07 Å². The Hall–Kier alpha value is -1.75. The first-order chi connectivity index (χ1) is 9.06. The summed E-state index contributed by atoms with van der Waals surface area (Å²) in [4.78, 5) is 8.70. The van der Waals surface area contributed by atoms with Crippen LogP contribution in [0.25, 0.3) is 17.0 Å². The number of pyridine rings is 2. The Morgan fingerprint density at radius 2 is 2.05 bits per heavy atom. The summed E-state index contributed by atoms with van der Waals surface area (Å²) in [6, 6.07) is 5.06. The van der Waals surface area contributed by atoms with Crippen molar-refractivity contribution in [3.63, 3.8) is 0 Å². The summed E-state index contributed by atoms with van der Waals surface area (Å²) in [6.07, 6.45) is 3.18. The largest absolute Gasteiger partial charge is 0.302 e. The van der Waals surface area contributed by atoms with E-state index in [4.69, 9.17) is 0 Å². The van der Waals surface area contributed by atoms with Crippen LogP contribution in [0.15, 0.2) is 35.1 Å². The average molecular weight is 320 g/mol. The van der Waals surface area contributed by atoms with E-state index in [2.05, 4.69) is 25.9 Å². The molecule has 3 nitrogen and oxygen atoms in total. The highest BCUT2D eigenvalue weighted by atomic mass is 79.9. The summed E-state index contributed by atoms with van der Waals surface area (Å²) in [5, 5.41) is 0. The quantitative estimate of drug-likeness (QED) is 0.680. The lowest BCUT2D eigenvalue weighted by Crippen LogP contribution is -1.90. The van der Waals surface area contributed by atoms with E-state index in [1.807, 2.05) is 30.5 Å². The van der Waals surface area contributed by atoms with E-state index >= 15 is 0 Å². The van der Waals surface area contributed by atoms with Crippen molar-refractivity contribution in [2.24, 2.45) is 0 Å². The van der Waals surface area contributed by atoms with Gasteiger partial charge in [0, 0.05) is 16.4 Å². The molecule has 0 aliphatic carbocycles. The molecule has 0 N–H and O–H groups in total. The number of hydrogen-bond donors (Lipinski definition) is 0.